The molecule has 2 aromatic rings. The monoisotopic (exact) mass is 319 g/mol. The van der Waals surface area contributed by atoms with Crippen molar-refractivity contribution in [1.29, 1.82) is 0 Å². The molecule has 4 nitrogen and oxygen atoms in total. The van der Waals surface area contributed by atoms with Gasteiger partial charge in [-0.2, -0.15) is 0 Å². The number of carbonyl (C=O) groups is 1. The number of nitrogens with one attached hydrogen (secondary N) is 1. The first-order valence-corrected chi connectivity index (χ1v) is 7.75. The number of halogens is 2. The van der Waals surface area contributed by atoms with Gasteiger partial charge in [0.15, 0.2) is 5.78 Å². The van der Waals surface area contributed by atoms with E-state index in [4.69, 9.17) is 0 Å². The van der Waals surface area contributed by atoms with Crippen molar-refractivity contribution in [2.45, 2.75) is 26.3 Å². The number of aromatic amines is 1. The number of nitrogens with zero attached hydrogens (tertiary/aromatic N) is 2. The van der Waals surface area contributed by atoms with Crippen molar-refractivity contribution in [3.63, 3.8) is 0 Å². The average Bonchev–Trinajstić information content (AvgIpc) is 2.94. The highest BCUT2D eigenvalue weighted by Crippen LogP contribution is 2.23. The summed E-state index contributed by atoms with van der Waals surface area (Å²) >= 11 is 0. The van der Waals surface area contributed by atoms with Gasteiger partial charge in [0.25, 0.3) is 0 Å². The summed E-state index contributed by atoms with van der Waals surface area (Å²) in [5.41, 5.74) is 0.849. The molecule has 1 N–H and O–H groups in total. The minimum atomic E-state index is -0.655. The van der Waals surface area contributed by atoms with Gasteiger partial charge in [0.1, 0.15) is 17.5 Å². The molecule has 0 aliphatic carbocycles. The molecule has 0 spiro atoms. The summed E-state index contributed by atoms with van der Waals surface area (Å²) in [5, 5.41) is 0. The van der Waals surface area contributed by atoms with Gasteiger partial charge in [-0.3, -0.25) is 9.69 Å². The van der Waals surface area contributed by atoms with Crippen LogP contribution in [0.4, 0.5) is 8.78 Å². The number of piperidine rings is 1. The minimum absolute atomic E-state index is 0.144. The largest absolute Gasteiger partial charge is 0.345 e. The number of benzene rings is 1. The van der Waals surface area contributed by atoms with Crippen molar-refractivity contribution >= 4 is 5.78 Å². The van der Waals surface area contributed by atoms with Crippen molar-refractivity contribution in [3.8, 4) is 0 Å². The van der Waals surface area contributed by atoms with Crippen molar-refractivity contribution in [3.05, 3.63) is 53.1 Å². The smallest absolute Gasteiger partial charge is 0.170 e. The summed E-state index contributed by atoms with van der Waals surface area (Å²) in [6.45, 7) is 4.00. The Morgan fingerprint density at radius 3 is 3.00 bits per heavy atom. The quantitative estimate of drug-likeness (QED) is 0.881. The van der Waals surface area contributed by atoms with Crippen LogP contribution in [0, 0.1) is 24.5 Å². The number of H-pyrrole nitrogens is 1. The summed E-state index contributed by atoms with van der Waals surface area (Å²) in [6.07, 6.45) is 3.35. The molecule has 1 aromatic carbocycles. The van der Waals surface area contributed by atoms with Crippen LogP contribution in [0.2, 0.25) is 0 Å². The third-order valence-electron chi connectivity index (χ3n) is 4.22. The molecule has 122 valence electrons. The Hall–Kier alpha value is -2.08. The topological polar surface area (TPSA) is 49.0 Å². The molecule has 1 aromatic heterocycles. The highest BCUT2D eigenvalue weighted by Gasteiger charge is 2.28. The zero-order chi connectivity index (χ0) is 16.4. The average molecular weight is 319 g/mol. The van der Waals surface area contributed by atoms with Crippen LogP contribution in [0.5, 0.6) is 0 Å². The molecule has 2 heterocycles. The van der Waals surface area contributed by atoms with E-state index in [2.05, 4.69) is 14.9 Å². The maximum atomic E-state index is 13.8. The Bertz CT molecular complexity index is 714. The maximum Gasteiger partial charge on any atom is 0.170 e. The van der Waals surface area contributed by atoms with Crippen molar-refractivity contribution < 1.29 is 13.6 Å². The lowest BCUT2D eigenvalue weighted by molar-refractivity contribution is 0.0805. The van der Waals surface area contributed by atoms with Crippen LogP contribution in [-0.4, -0.2) is 33.7 Å². The fourth-order valence-electron chi connectivity index (χ4n) is 3.11. The molecule has 3 rings (SSSR count). The number of hydrogen-bond donors (Lipinski definition) is 1. The number of rotatable bonds is 4. The second-order valence-electron chi connectivity index (χ2n) is 6.06. The van der Waals surface area contributed by atoms with Crippen LogP contribution in [0.1, 0.15) is 34.7 Å². The number of likely N-dealkylation sites (tertiary alicyclic amines) is 1. The van der Waals surface area contributed by atoms with Crippen LogP contribution in [-0.2, 0) is 6.54 Å². The molecule has 6 heteroatoms. The van der Waals surface area contributed by atoms with Gasteiger partial charge in [-0.15, -0.1) is 0 Å². The van der Waals surface area contributed by atoms with Crippen LogP contribution in [0.15, 0.2) is 24.4 Å². The first kappa shape index (κ1) is 15.8. The molecule has 1 saturated heterocycles. The molecule has 1 aliphatic heterocycles. The van der Waals surface area contributed by atoms with Crippen LogP contribution >= 0.6 is 0 Å². The number of carbonyl (C=O) groups excluding carboxylic acids is 1. The molecule has 1 fully saturated rings. The summed E-state index contributed by atoms with van der Waals surface area (Å²) in [6, 6.07) is 3.03. The van der Waals surface area contributed by atoms with Crippen molar-refractivity contribution in [2.75, 3.05) is 13.1 Å². The van der Waals surface area contributed by atoms with E-state index < -0.39 is 11.6 Å². The lowest BCUT2D eigenvalue weighted by atomic mass is 9.89. The molecule has 1 atom stereocenters. The lowest BCUT2D eigenvalue weighted by Gasteiger charge is -2.31. The highest BCUT2D eigenvalue weighted by atomic mass is 19.1. The first-order valence-electron chi connectivity index (χ1n) is 7.75. The Morgan fingerprint density at radius 2 is 2.26 bits per heavy atom. The van der Waals surface area contributed by atoms with E-state index in [-0.39, 0.29) is 17.3 Å². The molecule has 0 bridgehead atoms. The second-order valence-corrected chi connectivity index (χ2v) is 6.06. The standard InChI is InChI=1S/C17H19F2N3O/c1-11-20-8-14(21-11)10-22-6-2-3-12(9-22)17(23)15-7-13(18)4-5-16(15)19/h4-5,7-8,12H,2-3,6,9-10H2,1H3,(H,20,21)/t12-/m0/s1. The fraction of sp³-hybridized carbons (Fsp3) is 0.412. The van der Waals surface area contributed by atoms with E-state index in [0.717, 1.165) is 42.7 Å². The highest BCUT2D eigenvalue weighted by molar-refractivity contribution is 5.98. The summed E-state index contributed by atoms with van der Waals surface area (Å²) in [4.78, 5) is 22.0. The zero-order valence-corrected chi connectivity index (χ0v) is 13.0. The van der Waals surface area contributed by atoms with E-state index >= 15 is 0 Å². The third-order valence-corrected chi connectivity index (χ3v) is 4.22. The molecule has 0 saturated carbocycles. The van der Waals surface area contributed by atoms with Gasteiger partial charge in [0.05, 0.1) is 5.56 Å². The Labute approximate surface area is 133 Å². The summed E-state index contributed by atoms with van der Waals surface area (Å²) in [7, 11) is 0. The lowest BCUT2D eigenvalue weighted by Crippen LogP contribution is -2.38. The van der Waals surface area contributed by atoms with Gasteiger partial charge in [0, 0.05) is 30.9 Å². The van der Waals surface area contributed by atoms with E-state index in [1.165, 1.54) is 0 Å². The number of hydrogen-bond acceptors (Lipinski definition) is 3. The predicted octanol–water partition coefficient (Wildman–Crippen LogP) is 3.09. The number of ketones is 1. The fourth-order valence-corrected chi connectivity index (χ4v) is 3.11. The van der Waals surface area contributed by atoms with Gasteiger partial charge in [-0.1, -0.05) is 0 Å². The van der Waals surface area contributed by atoms with Crippen LogP contribution in [0.3, 0.4) is 0 Å². The van der Waals surface area contributed by atoms with E-state index in [1.54, 1.807) is 6.20 Å². The van der Waals surface area contributed by atoms with Crippen LogP contribution < -0.4 is 0 Å². The van der Waals surface area contributed by atoms with E-state index in [9.17, 15) is 13.6 Å². The predicted molar refractivity (Wildman–Crippen MR) is 82.0 cm³/mol. The van der Waals surface area contributed by atoms with E-state index in [1.807, 2.05) is 6.92 Å². The summed E-state index contributed by atoms with van der Waals surface area (Å²) in [5.74, 6) is -1.00. The number of aryl methyl sites for hydroxylation is 1. The molecular formula is C17H19F2N3O. The van der Waals surface area contributed by atoms with Gasteiger partial charge >= 0.3 is 0 Å². The van der Waals surface area contributed by atoms with Gasteiger partial charge in [-0.25, -0.2) is 13.8 Å². The van der Waals surface area contributed by atoms with E-state index in [0.29, 0.717) is 19.5 Å². The first-order chi connectivity index (χ1) is 11.0. The molecular weight excluding hydrogens is 300 g/mol. The van der Waals surface area contributed by atoms with Gasteiger partial charge < -0.3 is 4.98 Å². The van der Waals surface area contributed by atoms with Crippen molar-refractivity contribution in [1.82, 2.24) is 14.9 Å². The molecule has 23 heavy (non-hydrogen) atoms. The normalized spacial score (nSPS) is 19.0. The summed E-state index contributed by atoms with van der Waals surface area (Å²) < 4.78 is 27.1. The molecule has 0 amide bonds. The minimum Gasteiger partial charge on any atom is -0.345 e. The maximum absolute atomic E-state index is 13.8. The zero-order valence-electron chi connectivity index (χ0n) is 13.0. The van der Waals surface area contributed by atoms with Crippen LogP contribution in [0.25, 0.3) is 0 Å². The van der Waals surface area contributed by atoms with Gasteiger partial charge in [-0.05, 0) is 44.5 Å². The molecule has 0 radical (unpaired) electrons. The Morgan fingerprint density at radius 1 is 1.43 bits per heavy atom. The van der Waals surface area contributed by atoms with Crippen molar-refractivity contribution in [2.24, 2.45) is 5.92 Å². The molecule has 1 aliphatic rings. The SMILES string of the molecule is Cc1ncc(CN2CCC[C@H](C(=O)c3cc(F)ccc3F)C2)[nH]1. The molecule has 0 unspecified atom stereocenters. The Balaban J connectivity index is 1.70. The second kappa shape index (κ2) is 6.58. The van der Waals surface area contributed by atoms with Gasteiger partial charge in [0.2, 0.25) is 0 Å². The third kappa shape index (κ3) is 3.64. The number of imidazole rings is 1. The number of Topliss-reactive ketones (excluding diaryl/α,β-unsaturated/α-hetero) is 1. The number of aromatic nitrogens is 2. The Kier molecular flexibility index (Phi) is 4.52.